The summed E-state index contributed by atoms with van der Waals surface area (Å²) in [6.07, 6.45) is 1.85. The Morgan fingerprint density at radius 3 is 2.84 bits per heavy atom. The Bertz CT molecular complexity index is 554. The van der Waals surface area contributed by atoms with Crippen molar-refractivity contribution in [2.75, 3.05) is 20.6 Å². The molecule has 0 fully saturated rings. The van der Waals surface area contributed by atoms with E-state index < -0.39 is 0 Å². The van der Waals surface area contributed by atoms with Gasteiger partial charge < -0.3 is 10.2 Å². The number of halogens is 1. The van der Waals surface area contributed by atoms with Crippen LogP contribution >= 0.6 is 15.9 Å². The lowest BCUT2D eigenvalue weighted by atomic mass is 10.1. The number of nitrogens with one attached hydrogen (secondary N) is 1. The number of rotatable bonds is 5. The molecule has 1 N–H and O–H groups in total. The molecule has 19 heavy (non-hydrogen) atoms. The van der Waals surface area contributed by atoms with E-state index in [1.54, 1.807) is 0 Å². The van der Waals surface area contributed by atoms with Gasteiger partial charge in [0.25, 0.3) is 0 Å². The predicted molar refractivity (Wildman–Crippen MR) is 84.3 cm³/mol. The minimum Gasteiger partial charge on any atom is -0.309 e. The van der Waals surface area contributed by atoms with E-state index in [1.165, 1.54) is 10.9 Å². The van der Waals surface area contributed by atoms with Crippen LogP contribution in [0.3, 0.4) is 0 Å². The number of benzene rings is 1. The Balaban J connectivity index is 2.15. The normalized spacial score (nSPS) is 13.1. The topological polar surface area (TPSA) is 28.2 Å². The van der Waals surface area contributed by atoms with Crippen LogP contribution in [-0.4, -0.2) is 36.6 Å². The molecule has 3 nitrogen and oxygen atoms in total. The molecular weight excluding hydrogens is 302 g/mol. The maximum atomic E-state index is 4.50. The fraction of sp³-hybridized carbons (Fsp3) is 0.400. The molecule has 0 radical (unpaired) electrons. The maximum Gasteiger partial charge on any atom is 0.0758 e. The van der Waals surface area contributed by atoms with Gasteiger partial charge in [-0.1, -0.05) is 28.1 Å². The molecule has 102 valence electrons. The van der Waals surface area contributed by atoms with Gasteiger partial charge in [-0.2, -0.15) is 0 Å². The number of hydrogen-bond acceptors (Lipinski definition) is 3. The van der Waals surface area contributed by atoms with Gasteiger partial charge in [0, 0.05) is 35.2 Å². The molecule has 0 aliphatic rings. The standard InChI is InChI=1S/C15H20BrN3/c1-11(10-19(2)3)18-9-12-6-7-14(16)13-5-4-8-17-15(12)13/h4-8,11,18H,9-10H2,1-3H3. The van der Waals surface area contributed by atoms with E-state index in [0.29, 0.717) is 6.04 Å². The van der Waals surface area contributed by atoms with Gasteiger partial charge in [0.15, 0.2) is 0 Å². The molecule has 0 aliphatic heterocycles. The molecule has 1 unspecified atom stereocenters. The second kappa shape index (κ2) is 6.46. The van der Waals surface area contributed by atoms with E-state index in [0.717, 1.165) is 23.1 Å². The highest BCUT2D eigenvalue weighted by atomic mass is 79.9. The van der Waals surface area contributed by atoms with Crippen molar-refractivity contribution in [2.24, 2.45) is 0 Å². The van der Waals surface area contributed by atoms with Crippen LogP contribution in [0.15, 0.2) is 34.9 Å². The number of fused-ring (bicyclic) bond motifs is 1. The van der Waals surface area contributed by atoms with Gasteiger partial charge >= 0.3 is 0 Å². The Morgan fingerprint density at radius 2 is 2.11 bits per heavy atom. The largest absolute Gasteiger partial charge is 0.309 e. The van der Waals surface area contributed by atoms with Crippen LogP contribution in [-0.2, 0) is 6.54 Å². The first-order chi connectivity index (χ1) is 9.08. The molecule has 2 rings (SSSR count). The van der Waals surface area contributed by atoms with Crippen LogP contribution in [0.5, 0.6) is 0 Å². The van der Waals surface area contributed by atoms with E-state index in [2.05, 4.69) is 70.3 Å². The van der Waals surface area contributed by atoms with Crippen LogP contribution < -0.4 is 5.32 Å². The quantitative estimate of drug-likeness (QED) is 0.917. The molecule has 0 aliphatic carbocycles. The smallest absolute Gasteiger partial charge is 0.0758 e. The highest BCUT2D eigenvalue weighted by Gasteiger charge is 2.07. The fourth-order valence-electron chi connectivity index (χ4n) is 2.24. The van der Waals surface area contributed by atoms with Gasteiger partial charge in [-0.3, -0.25) is 4.98 Å². The number of likely N-dealkylation sites (N-methyl/N-ethyl adjacent to an activating group) is 1. The van der Waals surface area contributed by atoms with E-state index >= 15 is 0 Å². The maximum absolute atomic E-state index is 4.50. The second-order valence-electron chi connectivity index (χ2n) is 5.15. The minimum atomic E-state index is 0.456. The SMILES string of the molecule is CC(CN(C)C)NCc1ccc(Br)c2cccnc12. The van der Waals surface area contributed by atoms with Crippen molar-refractivity contribution in [3.8, 4) is 0 Å². The third-order valence-corrected chi connectivity index (χ3v) is 3.77. The Kier molecular flexibility index (Phi) is 4.91. The summed E-state index contributed by atoms with van der Waals surface area (Å²) in [4.78, 5) is 6.69. The molecule has 0 amide bonds. The average Bonchev–Trinajstić information content (AvgIpc) is 2.37. The molecule has 0 saturated carbocycles. The zero-order chi connectivity index (χ0) is 13.8. The van der Waals surface area contributed by atoms with Gasteiger partial charge in [0.05, 0.1) is 5.52 Å². The van der Waals surface area contributed by atoms with E-state index in [-0.39, 0.29) is 0 Å². The predicted octanol–water partition coefficient (Wildman–Crippen LogP) is 3.04. The Hall–Kier alpha value is -0.970. The summed E-state index contributed by atoms with van der Waals surface area (Å²) in [6, 6.07) is 8.75. The molecule has 2 aromatic rings. The van der Waals surface area contributed by atoms with E-state index in [4.69, 9.17) is 0 Å². The molecule has 0 bridgehead atoms. The third kappa shape index (κ3) is 3.75. The van der Waals surface area contributed by atoms with Crippen molar-refractivity contribution >= 4 is 26.8 Å². The molecule has 1 aromatic heterocycles. The summed E-state index contributed by atoms with van der Waals surface area (Å²) in [5, 5.41) is 4.71. The first-order valence-electron chi connectivity index (χ1n) is 6.48. The number of nitrogens with zero attached hydrogens (tertiary/aromatic N) is 2. The summed E-state index contributed by atoms with van der Waals surface area (Å²) in [5.41, 5.74) is 2.31. The van der Waals surface area contributed by atoms with Crippen molar-refractivity contribution in [3.05, 3.63) is 40.5 Å². The minimum absolute atomic E-state index is 0.456. The lowest BCUT2D eigenvalue weighted by molar-refractivity contribution is 0.349. The highest BCUT2D eigenvalue weighted by molar-refractivity contribution is 9.10. The summed E-state index contributed by atoms with van der Waals surface area (Å²) in [5.74, 6) is 0. The summed E-state index contributed by atoms with van der Waals surface area (Å²) < 4.78 is 1.10. The lowest BCUT2D eigenvalue weighted by Crippen LogP contribution is -2.35. The molecular formula is C15H20BrN3. The number of pyridine rings is 1. The third-order valence-electron chi connectivity index (χ3n) is 3.08. The molecule has 0 spiro atoms. The Labute approximate surface area is 123 Å². The van der Waals surface area contributed by atoms with Gasteiger partial charge in [0.2, 0.25) is 0 Å². The van der Waals surface area contributed by atoms with Gasteiger partial charge in [-0.15, -0.1) is 0 Å². The zero-order valence-electron chi connectivity index (χ0n) is 11.7. The molecule has 4 heteroatoms. The molecule has 1 aromatic carbocycles. The van der Waals surface area contributed by atoms with Crippen LogP contribution in [0.25, 0.3) is 10.9 Å². The molecule has 1 atom stereocenters. The van der Waals surface area contributed by atoms with Crippen LogP contribution in [0, 0.1) is 0 Å². The average molecular weight is 322 g/mol. The van der Waals surface area contributed by atoms with Crippen molar-refractivity contribution in [2.45, 2.75) is 19.5 Å². The molecule has 0 saturated heterocycles. The summed E-state index contributed by atoms with van der Waals surface area (Å²) >= 11 is 3.58. The second-order valence-corrected chi connectivity index (χ2v) is 6.00. The summed E-state index contributed by atoms with van der Waals surface area (Å²) in [6.45, 7) is 4.08. The van der Waals surface area contributed by atoms with E-state index in [1.807, 2.05) is 12.3 Å². The number of hydrogen-bond donors (Lipinski definition) is 1. The van der Waals surface area contributed by atoms with Crippen molar-refractivity contribution < 1.29 is 0 Å². The first kappa shape index (κ1) is 14.4. The highest BCUT2D eigenvalue weighted by Crippen LogP contribution is 2.25. The van der Waals surface area contributed by atoms with Crippen LogP contribution in [0.2, 0.25) is 0 Å². The fourth-order valence-corrected chi connectivity index (χ4v) is 2.69. The monoisotopic (exact) mass is 321 g/mol. The van der Waals surface area contributed by atoms with Gasteiger partial charge in [0.1, 0.15) is 0 Å². The lowest BCUT2D eigenvalue weighted by Gasteiger charge is -2.18. The van der Waals surface area contributed by atoms with Gasteiger partial charge in [-0.25, -0.2) is 0 Å². The summed E-state index contributed by atoms with van der Waals surface area (Å²) in [7, 11) is 4.18. The first-order valence-corrected chi connectivity index (χ1v) is 7.27. The molecule has 1 heterocycles. The van der Waals surface area contributed by atoms with E-state index in [9.17, 15) is 0 Å². The van der Waals surface area contributed by atoms with Crippen molar-refractivity contribution in [1.82, 2.24) is 15.2 Å². The van der Waals surface area contributed by atoms with Crippen molar-refractivity contribution in [3.63, 3.8) is 0 Å². The zero-order valence-corrected chi connectivity index (χ0v) is 13.2. The van der Waals surface area contributed by atoms with Crippen LogP contribution in [0.4, 0.5) is 0 Å². The number of aromatic nitrogens is 1. The van der Waals surface area contributed by atoms with Crippen LogP contribution in [0.1, 0.15) is 12.5 Å². The van der Waals surface area contributed by atoms with Crippen molar-refractivity contribution in [1.29, 1.82) is 0 Å². The Morgan fingerprint density at radius 1 is 1.32 bits per heavy atom. The van der Waals surface area contributed by atoms with Gasteiger partial charge in [-0.05, 0) is 38.7 Å².